The zero-order chi connectivity index (χ0) is 16.7. The Kier molecular flexibility index (Phi) is 3.41. The number of para-hydroxylation sites is 1. The minimum atomic E-state index is 0.0700. The SMILES string of the molecule is CC(=O)N1CCC(Nc2ccc3nnc(C)n3n2)c2ccccc21. The first-order valence-electron chi connectivity index (χ1n) is 7.96. The predicted molar refractivity (Wildman–Crippen MR) is 91.0 cm³/mol. The molecule has 0 saturated heterocycles. The Bertz CT molecular complexity index is 918. The number of nitrogens with one attached hydrogen (secondary N) is 1. The van der Waals surface area contributed by atoms with Crippen molar-refractivity contribution in [3.8, 4) is 0 Å². The lowest BCUT2D eigenvalue weighted by molar-refractivity contribution is -0.116. The summed E-state index contributed by atoms with van der Waals surface area (Å²) in [7, 11) is 0. The maximum Gasteiger partial charge on any atom is 0.223 e. The number of aryl methyl sites for hydroxylation is 1. The first-order valence-corrected chi connectivity index (χ1v) is 7.96. The molecule has 3 heterocycles. The van der Waals surface area contributed by atoms with E-state index in [2.05, 4.69) is 26.7 Å². The van der Waals surface area contributed by atoms with Crippen molar-refractivity contribution in [1.82, 2.24) is 19.8 Å². The molecule has 1 aliphatic rings. The number of carbonyl (C=O) groups excluding carboxylic acids is 1. The molecular formula is C17H18N6O. The first-order chi connectivity index (χ1) is 11.6. The van der Waals surface area contributed by atoms with Crippen molar-refractivity contribution in [2.75, 3.05) is 16.8 Å². The van der Waals surface area contributed by atoms with E-state index in [1.165, 1.54) is 0 Å². The van der Waals surface area contributed by atoms with Crippen LogP contribution in [0.5, 0.6) is 0 Å². The number of hydrogen-bond acceptors (Lipinski definition) is 5. The van der Waals surface area contributed by atoms with E-state index in [1.807, 2.05) is 42.2 Å². The molecule has 1 aliphatic heterocycles. The van der Waals surface area contributed by atoms with Crippen molar-refractivity contribution in [1.29, 1.82) is 0 Å². The van der Waals surface area contributed by atoms with Gasteiger partial charge in [-0.1, -0.05) is 18.2 Å². The smallest absolute Gasteiger partial charge is 0.223 e. The predicted octanol–water partition coefficient (Wildman–Crippen LogP) is 2.34. The monoisotopic (exact) mass is 322 g/mol. The highest BCUT2D eigenvalue weighted by Crippen LogP contribution is 2.35. The Hall–Kier alpha value is -2.96. The van der Waals surface area contributed by atoms with Gasteiger partial charge in [0, 0.05) is 19.2 Å². The number of nitrogens with zero attached hydrogens (tertiary/aromatic N) is 5. The van der Waals surface area contributed by atoms with Gasteiger partial charge >= 0.3 is 0 Å². The zero-order valence-corrected chi connectivity index (χ0v) is 13.6. The molecule has 7 heteroatoms. The summed E-state index contributed by atoms with van der Waals surface area (Å²) >= 11 is 0. The third-order valence-electron chi connectivity index (χ3n) is 4.37. The van der Waals surface area contributed by atoms with Gasteiger partial charge in [0.2, 0.25) is 5.91 Å². The fourth-order valence-corrected chi connectivity index (χ4v) is 3.19. The number of anilines is 2. The van der Waals surface area contributed by atoms with Gasteiger partial charge < -0.3 is 10.2 Å². The van der Waals surface area contributed by atoms with E-state index in [1.54, 1.807) is 11.4 Å². The molecule has 4 rings (SSSR count). The van der Waals surface area contributed by atoms with Crippen LogP contribution in [0.25, 0.3) is 5.65 Å². The molecule has 24 heavy (non-hydrogen) atoms. The van der Waals surface area contributed by atoms with Crippen molar-refractivity contribution in [3.63, 3.8) is 0 Å². The van der Waals surface area contributed by atoms with E-state index in [9.17, 15) is 4.79 Å². The van der Waals surface area contributed by atoms with Crippen LogP contribution in [0.15, 0.2) is 36.4 Å². The van der Waals surface area contributed by atoms with Gasteiger partial charge in [-0.25, -0.2) is 0 Å². The van der Waals surface area contributed by atoms with Crippen LogP contribution in [0, 0.1) is 6.92 Å². The molecule has 0 bridgehead atoms. The molecule has 0 saturated carbocycles. The summed E-state index contributed by atoms with van der Waals surface area (Å²) in [4.78, 5) is 13.7. The summed E-state index contributed by atoms with van der Waals surface area (Å²) in [5.74, 6) is 1.59. The molecule has 3 aromatic rings. The van der Waals surface area contributed by atoms with E-state index < -0.39 is 0 Å². The van der Waals surface area contributed by atoms with Gasteiger partial charge in [0.25, 0.3) is 0 Å². The molecule has 0 spiro atoms. The van der Waals surface area contributed by atoms with E-state index in [4.69, 9.17) is 0 Å². The largest absolute Gasteiger partial charge is 0.362 e. The number of hydrogen-bond donors (Lipinski definition) is 1. The Morgan fingerprint density at radius 1 is 1.21 bits per heavy atom. The van der Waals surface area contributed by atoms with Crippen molar-refractivity contribution >= 4 is 23.1 Å². The molecule has 122 valence electrons. The molecule has 1 atom stereocenters. The maximum absolute atomic E-state index is 11.9. The highest BCUT2D eigenvalue weighted by atomic mass is 16.2. The van der Waals surface area contributed by atoms with Crippen LogP contribution in [0.1, 0.15) is 30.8 Å². The number of rotatable bonds is 2. The second-order valence-corrected chi connectivity index (χ2v) is 5.95. The lowest BCUT2D eigenvalue weighted by Gasteiger charge is -2.34. The molecule has 0 aliphatic carbocycles. The quantitative estimate of drug-likeness (QED) is 0.784. The van der Waals surface area contributed by atoms with Crippen LogP contribution in [0.3, 0.4) is 0 Å². The van der Waals surface area contributed by atoms with E-state index in [0.29, 0.717) is 6.54 Å². The summed E-state index contributed by atoms with van der Waals surface area (Å²) in [6.07, 6.45) is 0.831. The van der Waals surface area contributed by atoms with Gasteiger partial charge in [0.1, 0.15) is 5.82 Å². The third kappa shape index (κ3) is 2.38. The number of fused-ring (bicyclic) bond motifs is 2. The Labute approximate surface area is 139 Å². The summed E-state index contributed by atoms with van der Waals surface area (Å²) in [5.41, 5.74) is 2.81. The fourth-order valence-electron chi connectivity index (χ4n) is 3.19. The number of carbonyl (C=O) groups is 1. The van der Waals surface area contributed by atoms with Gasteiger partial charge in [-0.3, -0.25) is 4.79 Å². The number of benzene rings is 1. The minimum Gasteiger partial charge on any atom is -0.362 e. The summed E-state index contributed by atoms with van der Waals surface area (Å²) in [6.45, 7) is 4.17. The molecule has 1 unspecified atom stereocenters. The topological polar surface area (TPSA) is 75.4 Å². The van der Waals surface area contributed by atoms with Gasteiger partial charge in [-0.2, -0.15) is 4.52 Å². The molecule has 1 amide bonds. The zero-order valence-electron chi connectivity index (χ0n) is 13.6. The van der Waals surface area contributed by atoms with Crippen LogP contribution >= 0.6 is 0 Å². The first kappa shape index (κ1) is 14.6. The Morgan fingerprint density at radius 3 is 2.88 bits per heavy atom. The third-order valence-corrected chi connectivity index (χ3v) is 4.37. The standard InChI is InChI=1S/C17H18N6O/c1-11-19-20-17-8-7-16(21-23(11)17)18-14-9-10-22(12(2)24)15-6-4-3-5-13(14)15/h3-8,14H,9-10H2,1-2H3,(H,18,21). The molecule has 0 fully saturated rings. The van der Waals surface area contributed by atoms with Gasteiger partial charge in [-0.05, 0) is 37.1 Å². The van der Waals surface area contributed by atoms with E-state index in [0.717, 1.165) is 35.0 Å². The minimum absolute atomic E-state index is 0.0700. The highest BCUT2D eigenvalue weighted by Gasteiger charge is 2.27. The lowest BCUT2D eigenvalue weighted by atomic mass is 9.96. The van der Waals surface area contributed by atoms with Crippen molar-refractivity contribution < 1.29 is 4.79 Å². The fraction of sp³-hybridized carbons (Fsp3) is 0.294. The van der Waals surface area contributed by atoms with Crippen molar-refractivity contribution in [3.05, 3.63) is 47.8 Å². The molecule has 2 aromatic heterocycles. The summed E-state index contributed by atoms with van der Waals surface area (Å²) < 4.78 is 1.72. The summed E-state index contributed by atoms with van der Waals surface area (Å²) in [6, 6.07) is 11.9. The number of amides is 1. The lowest BCUT2D eigenvalue weighted by Crippen LogP contribution is -2.36. The maximum atomic E-state index is 11.9. The van der Waals surface area contributed by atoms with Crippen LogP contribution in [0.4, 0.5) is 11.5 Å². The molecule has 1 N–H and O–H groups in total. The number of aromatic nitrogens is 4. The highest BCUT2D eigenvalue weighted by molar-refractivity contribution is 5.93. The van der Waals surface area contributed by atoms with Gasteiger partial charge in [0.15, 0.2) is 11.5 Å². The average molecular weight is 322 g/mol. The van der Waals surface area contributed by atoms with Crippen LogP contribution in [-0.4, -0.2) is 32.3 Å². The second kappa shape index (κ2) is 5.59. The van der Waals surface area contributed by atoms with E-state index >= 15 is 0 Å². The van der Waals surface area contributed by atoms with Crippen molar-refractivity contribution in [2.24, 2.45) is 0 Å². The average Bonchev–Trinajstić information content (AvgIpc) is 2.96. The summed E-state index contributed by atoms with van der Waals surface area (Å²) in [5, 5.41) is 16.1. The normalized spacial score (nSPS) is 16.9. The van der Waals surface area contributed by atoms with E-state index in [-0.39, 0.29) is 11.9 Å². The Morgan fingerprint density at radius 2 is 2.04 bits per heavy atom. The van der Waals surface area contributed by atoms with Gasteiger partial charge in [0.05, 0.1) is 6.04 Å². The molecule has 0 radical (unpaired) electrons. The Balaban J connectivity index is 1.67. The molecule has 7 nitrogen and oxygen atoms in total. The molecule has 1 aromatic carbocycles. The van der Waals surface area contributed by atoms with Gasteiger partial charge in [-0.15, -0.1) is 15.3 Å². The van der Waals surface area contributed by atoms with Crippen molar-refractivity contribution in [2.45, 2.75) is 26.3 Å². The van der Waals surface area contributed by atoms with Crippen LogP contribution < -0.4 is 10.2 Å². The molecular weight excluding hydrogens is 304 g/mol. The van der Waals surface area contributed by atoms with Crippen LogP contribution in [-0.2, 0) is 4.79 Å². The van der Waals surface area contributed by atoms with Crippen LogP contribution in [0.2, 0.25) is 0 Å². The second-order valence-electron chi connectivity index (χ2n) is 5.95.